The first-order valence-electron chi connectivity index (χ1n) is 10.1. The van der Waals surface area contributed by atoms with Gasteiger partial charge in [0.1, 0.15) is 12.1 Å². The van der Waals surface area contributed by atoms with Crippen molar-refractivity contribution in [2.24, 2.45) is 0 Å². The number of Topliss-reactive ketones (excluding diaryl/α,β-unsaturated/α-hetero) is 1. The van der Waals surface area contributed by atoms with Crippen LogP contribution in [0.1, 0.15) is 38.7 Å². The molecule has 1 amide bonds. The normalized spacial score (nSPS) is 13.1. The molecule has 0 saturated carbocycles. The van der Waals surface area contributed by atoms with E-state index in [1.807, 2.05) is 12.1 Å². The van der Waals surface area contributed by atoms with E-state index in [0.717, 1.165) is 22.7 Å². The SMILES string of the molecule is CO[C@@H](Cc1c[nH]c2ccc(Cl)cc12)C(=O)N[C@@H](CCCC(=O)C=N)C(=O)OC(C)C. The first-order chi connectivity index (χ1) is 14.7. The number of halogens is 1. The molecule has 0 spiro atoms. The summed E-state index contributed by atoms with van der Waals surface area (Å²) in [5, 5.41) is 11.1. The van der Waals surface area contributed by atoms with Gasteiger partial charge in [0.05, 0.1) is 12.3 Å². The van der Waals surface area contributed by atoms with Crippen molar-refractivity contribution in [3.05, 3.63) is 35.0 Å². The molecule has 2 atom stereocenters. The number of aromatic amines is 1. The van der Waals surface area contributed by atoms with E-state index >= 15 is 0 Å². The summed E-state index contributed by atoms with van der Waals surface area (Å²) in [7, 11) is 1.43. The third-order valence-electron chi connectivity index (χ3n) is 4.74. The second-order valence-electron chi connectivity index (χ2n) is 7.48. The van der Waals surface area contributed by atoms with Gasteiger partial charge in [0, 0.05) is 42.1 Å². The molecule has 31 heavy (non-hydrogen) atoms. The van der Waals surface area contributed by atoms with E-state index in [1.54, 1.807) is 26.1 Å². The number of fused-ring (bicyclic) bond motifs is 1. The molecule has 2 aromatic rings. The Kier molecular flexibility index (Phi) is 9.21. The Balaban J connectivity index is 2.10. The minimum absolute atomic E-state index is 0.120. The minimum atomic E-state index is -0.913. The Bertz CT molecular complexity index is 940. The summed E-state index contributed by atoms with van der Waals surface area (Å²) < 4.78 is 10.6. The van der Waals surface area contributed by atoms with Crippen LogP contribution in [0.4, 0.5) is 0 Å². The summed E-state index contributed by atoms with van der Waals surface area (Å²) in [5.41, 5.74) is 1.75. The lowest BCUT2D eigenvalue weighted by molar-refractivity contribution is -0.152. The van der Waals surface area contributed by atoms with Gasteiger partial charge in [-0.2, -0.15) is 0 Å². The molecule has 0 aliphatic heterocycles. The van der Waals surface area contributed by atoms with Gasteiger partial charge >= 0.3 is 5.97 Å². The molecule has 0 unspecified atom stereocenters. The van der Waals surface area contributed by atoms with Crippen molar-refractivity contribution in [3.63, 3.8) is 0 Å². The van der Waals surface area contributed by atoms with Crippen molar-refractivity contribution < 1.29 is 23.9 Å². The number of ether oxygens (including phenoxy) is 2. The van der Waals surface area contributed by atoms with Crippen LogP contribution >= 0.6 is 11.6 Å². The zero-order valence-corrected chi connectivity index (χ0v) is 18.6. The van der Waals surface area contributed by atoms with E-state index in [2.05, 4.69) is 10.3 Å². The van der Waals surface area contributed by atoms with Gasteiger partial charge in [-0.25, -0.2) is 4.79 Å². The molecule has 0 fully saturated rings. The fourth-order valence-corrected chi connectivity index (χ4v) is 3.36. The van der Waals surface area contributed by atoms with Crippen molar-refractivity contribution in [1.82, 2.24) is 10.3 Å². The molecule has 1 aromatic carbocycles. The van der Waals surface area contributed by atoms with Gasteiger partial charge in [-0.3, -0.25) is 9.59 Å². The number of hydrogen-bond acceptors (Lipinski definition) is 6. The summed E-state index contributed by atoms with van der Waals surface area (Å²) in [4.78, 5) is 39.8. The third kappa shape index (κ3) is 7.18. The van der Waals surface area contributed by atoms with Crippen LogP contribution in [0.25, 0.3) is 10.9 Å². The van der Waals surface area contributed by atoms with Crippen LogP contribution in [0.3, 0.4) is 0 Å². The predicted octanol–water partition coefficient (Wildman–Crippen LogP) is 3.20. The van der Waals surface area contributed by atoms with Gasteiger partial charge in [0.15, 0.2) is 5.78 Å². The summed E-state index contributed by atoms with van der Waals surface area (Å²) in [6.45, 7) is 3.44. The zero-order chi connectivity index (χ0) is 23.0. The van der Waals surface area contributed by atoms with Gasteiger partial charge in [-0.1, -0.05) is 11.6 Å². The summed E-state index contributed by atoms with van der Waals surface area (Å²) in [5.74, 6) is -1.36. The highest BCUT2D eigenvalue weighted by atomic mass is 35.5. The van der Waals surface area contributed by atoms with Gasteiger partial charge in [-0.15, -0.1) is 0 Å². The number of ketones is 1. The number of hydrogen-bond donors (Lipinski definition) is 3. The third-order valence-corrected chi connectivity index (χ3v) is 4.98. The number of H-pyrrole nitrogens is 1. The van der Waals surface area contributed by atoms with E-state index in [-0.39, 0.29) is 31.1 Å². The van der Waals surface area contributed by atoms with Gasteiger partial charge in [0.25, 0.3) is 0 Å². The smallest absolute Gasteiger partial charge is 0.328 e. The van der Waals surface area contributed by atoms with E-state index in [1.165, 1.54) is 7.11 Å². The second kappa shape index (κ2) is 11.6. The van der Waals surface area contributed by atoms with Crippen LogP contribution in [0.2, 0.25) is 5.02 Å². The molecule has 0 aliphatic carbocycles. The van der Waals surface area contributed by atoms with Gasteiger partial charge < -0.3 is 25.2 Å². The van der Waals surface area contributed by atoms with Crippen molar-refractivity contribution in [3.8, 4) is 0 Å². The van der Waals surface area contributed by atoms with Crippen LogP contribution in [-0.2, 0) is 30.3 Å². The van der Waals surface area contributed by atoms with Crippen LogP contribution in [-0.4, -0.2) is 54.2 Å². The highest BCUT2D eigenvalue weighted by Crippen LogP contribution is 2.24. The van der Waals surface area contributed by atoms with E-state index < -0.39 is 24.0 Å². The molecule has 8 nitrogen and oxygen atoms in total. The standard InChI is InChI=1S/C22H28ClN3O5/c1-13(2)31-22(29)19(6-4-5-16(27)11-24)26-21(28)20(30-3)9-14-12-25-18-8-7-15(23)10-17(14)18/h7-8,10-13,19-20,24-25H,4-6,9H2,1-3H3,(H,26,28)/t19-,20-/m0/s1. The number of carbonyl (C=O) groups excluding carboxylic acids is 3. The van der Waals surface area contributed by atoms with Crippen molar-refractivity contribution in [2.45, 2.75) is 57.8 Å². The average molecular weight is 450 g/mol. The monoisotopic (exact) mass is 449 g/mol. The zero-order valence-electron chi connectivity index (χ0n) is 17.9. The molecule has 0 aliphatic rings. The maximum atomic E-state index is 12.9. The number of carbonyl (C=O) groups is 3. The molecule has 1 aromatic heterocycles. The van der Waals surface area contributed by atoms with Crippen LogP contribution in [0.15, 0.2) is 24.4 Å². The maximum Gasteiger partial charge on any atom is 0.328 e. The Morgan fingerprint density at radius 1 is 1.29 bits per heavy atom. The minimum Gasteiger partial charge on any atom is -0.461 e. The number of nitrogens with one attached hydrogen (secondary N) is 3. The number of rotatable bonds is 12. The summed E-state index contributed by atoms with van der Waals surface area (Å²) >= 11 is 6.09. The molecule has 9 heteroatoms. The van der Waals surface area contributed by atoms with Crippen LogP contribution < -0.4 is 5.32 Å². The molecule has 0 bridgehead atoms. The highest BCUT2D eigenvalue weighted by Gasteiger charge is 2.28. The number of methoxy groups -OCH3 is 1. The van der Waals surface area contributed by atoms with Crippen molar-refractivity contribution in [2.75, 3.05) is 7.11 Å². The second-order valence-corrected chi connectivity index (χ2v) is 7.92. The number of benzene rings is 1. The Morgan fingerprint density at radius 2 is 2.03 bits per heavy atom. The van der Waals surface area contributed by atoms with Gasteiger partial charge in [0.2, 0.25) is 5.91 Å². The van der Waals surface area contributed by atoms with E-state index in [0.29, 0.717) is 11.4 Å². The molecular formula is C22H28ClN3O5. The summed E-state index contributed by atoms with van der Waals surface area (Å²) in [6, 6.07) is 4.54. The maximum absolute atomic E-state index is 12.9. The molecule has 3 N–H and O–H groups in total. The quantitative estimate of drug-likeness (QED) is 0.339. The molecule has 2 rings (SSSR count). The first-order valence-corrected chi connectivity index (χ1v) is 10.5. The summed E-state index contributed by atoms with van der Waals surface area (Å²) in [6.07, 6.45) is 2.32. The lowest BCUT2D eigenvalue weighted by Gasteiger charge is -2.22. The Labute approximate surface area is 186 Å². The number of amides is 1. The average Bonchev–Trinajstić information content (AvgIpc) is 3.12. The predicted molar refractivity (Wildman–Crippen MR) is 119 cm³/mol. The first kappa shape index (κ1) is 24.6. The molecule has 0 radical (unpaired) electrons. The van der Waals surface area contributed by atoms with E-state index in [4.69, 9.17) is 26.5 Å². The molecule has 168 valence electrons. The van der Waals surface area contributed by atoms with Crippen LogP contribution in [0.5, 0.6) is 0 Å². The van der Waals surface area contributed by atoms with Crippen molar-refractivity contribution >= 4 is 46.4 Å². The number of aromatic nitrogens is 1. The van der Waals surface area contributed by atoms with Crippen molar-refractivity contribution in [1.29, 1.82) is 5.41 Å². The fraction of sp³-hybridized carbons (Fsp3) is 0.455. The van der Waals surface area contributed by atoms with Gasteiger partial charge in [-0.05, 0) is 50.5 Å². The lowest BCUT2D eigenvalue weighted by atomic mass is 10.0. The van der Waals surface area contributed by atoms with E-state index in [9.17, 15) is 14.4 Å². The van der Waals surface area contributed by atoms with Crippen LogP contribution in [0, 0.1) is 5.41 Å². The fourth-order valence-electron chi connectivity index (χ4n) is 3.18. The topological polar surface area (TPSA) is 121 Å². The Hall–Kier alpha value is -2.71. The highest BCUT2D eigenvalue weighted by molar-refractivity contribution is 6.31. The molecule has 1 heterocycles. The molecule has 0 saturated heterocycles. The largest absolute Gasteiger partial charge is 0.461 e. The lowest BCUT2D eigenvalue weighted by Crippen LogP contribution is -2.47. The number of esters is 1. The molecular weight excluding hydrogens is 422 g/mol. The Morgan fingerprint density at radius 3 is 2.68 bits per heavy atom.